The Kier molecular flexibility index (Phi) is 3.91. The predicted molar refractivity (Wildman–Crippen MR) is 68.0 cm³/mol. The molecule has 0 fully saturated rings. The van der Waals surface area contributed by atoms with E-state index in [1.165, 1.54) is 12.0 Å². The summed E-state index contributed by atoms with van der Waals surface area (Å²) in [7, 11) is 1.53. The Balaban J connectivity index is 2.07. The monoisotopic (exact) mass is 262 g/mol. The van der Waals surface area contributed by atoms with Gasteiger partial charge in [-0.15, -0.1) is 0 Å². The molecular weight excluding hydrogens is 248 g/mol. The number of nitrogens with one attached hydrogen (secondary N) is 1. The van der Waals surface area contributed by atoms with Crippen LogP contribution < -0.4 is 10.2 Å². The van der Waals surface area contributed by atoms with Gasteiger partial charge in [0.1, 0.15) is 6.54 Å². The van der Waals surface area contributed by atoms with E-state index in [0.717, 1.165) is 0 Å². The van der Waals surface area contributed by atoms with Crippen molar-refractivity contribution in [2.45, 2.75) is 0 Å². The van der Waals surface area contributed by atoms with Crippen LogP contribution in [0.1, 0.15) is 10.4 Å². The summed E-state index contributed by atoms with van der Waals surface area (Å²) in [6.45, 7) is 0.605. The second kappa shape index (κ2) is 5.62. The van der Waals surface area contributed by atoms with Crippen molar-refractivity contribution in [3.63, 3.8) is 0 Å². The Hall–Kier alpha value is -2.21. The minimum atomic E-state index is -0.664. The zero-order valence-corrected chi connectivity index (χ0v) is 10.5. The topological polar surface area (TPSA) is 75.7 Å². The van der Waals surface area contributed by atoms with E-state index in [9.17, 15) is 14.4 Å². The summed E-state index contributed by atoms with van der Waals surface area (Å²) in [5.41, 5.74) is 0.830. The number of ketones is 1. The van der Waals surface area contributed by atoms with E-state index in [2.05, 4.69) is 5.32 Å². The zero-order chi connectivity index (χ0) is 13.8. The first-order valence-electron chi connectivity index (χ1n) is 5.86. The lowest BCUT2D eigenvalue weighted by molar-refractivity contribution is -0.122. The number of fused-ring (bicyclic) bond motifs is 1. The number of hydrogen-bond donors (Lipinski definition) is 1. The summed E-state index contributed by atoms with van der Waals surface area (Å²) < 4.78 is 4.81. The lowest BCUT2D eigenvalue weighted by Gasteiger charge is -2.15. The smallest absolute Gasteiger partial charge is 0.299 e. The Morgan fingerprint density at radius 1 is 1.32 bits per heavy atom. The second-order valence-electron chi connectivity index (χ2n) is 4.08. The second-order valence-corrected chi connectivity index (χ2v) is 4.08. The van der Waals surface area contributed by atoms with Crippen LogP contribution in [0.3, 0.4) is 0 Å². The van der Waals surface area contributed by atoms with Gasteiger partial charge in [-0.3, -0.25) is 19.3 Å². The summed E-state index contributed by atoms with van der Waals surface area (Å²) in [4.78, 5) is 36.4. The molecule has 0 saturated carbocycles. The van der Waals surface area contributed by atoms with Crippen molar-refractivity contribution < 1.29 is 19.1 Å². The zero-order valence-electron chi connectivity index (χ0n) is 10.5. The molecule has 0 radical (unpaired) electrons. The van der Waals surface area contributed by atoms with Gasteiger partial charge in [0, 0.05) is 13.7 Å². The van der Waals surface area contributed by atoms with Crippen molar-refractivity contribution >= 4 is 23.3 Å². The van der Waals surface area contributed by atoms with E-state index in [1.807, 2.05) is 0 Å². The third-order valence-corrected chi connectivity index (χ3v) is 2.81. The van der Waals surface area contributed by atoms with E-state index < -0.39 is 11.7 Å². The van der Waals surface area contributed by atoms with Crippen molar-refractivity contribution in [1.29, 1.82) is 0 Å². The highest BCUT2D eigenvalue weighted by molar-refractivity contribution is 6.52. The van der Waals surface area contributed by atoms with Gasteiger partial charge in [-0.05, 0) is 12.1 Å². The molecular formula is C13H14N2O4. The molecule has 0 atom stereocenters. The summed E-state index contributed by atoms with van der Waals surface area (Å²) in [6.07, 6.45) is 0. The molecule has 1 aliphatic rings. The average Bonchev–Trinajstić information content (AvgIpc) is 2.65. The van der Waals surface area contributed by atoms with Gasteiger partial charge in [0.2, 0.25) is 5.91 Å². The third kappa shape index (κ3) is 2.63. The normalized spacial score (nSPS) is 13.6. The number of para-hydroxylation sites is 1. The molecule has 1 N–H and O–H groups in total. The highest BCUT2D eigenvalue weighted by Gasteiger charge is 2.36. The Bertz CT molecular complexity index is 527. The van der Waals surface area contributed by atoms with E-state index >= 15 is 0 Å². The molecule has 1 aliphatic heterocycles. The van der Waals surface area contributed by atoms with Crippen molar-refractivity contribution in [1.82, 2.24) is 5.32 Å². The van der Waals surface area contributed by atoms with Gasteiger partial charge < -0.3 is 10.1 Å². The van der Waals surface area contributed by atoms with Crippen LogP contribution in [-0.2, 0) is 14.3 Å². The highest BCUT2D eigenvalue weighted by Crippen LogP contribution is 2.27. The van der Waals surface area contributed by atoms with Crippen LogP contribution in [0.15, 0.2) is 24.3 Å². The number of nitrogens with zero attached hydrogens (tertiary/aromatic N) is 1. The van der Waals surface area contributed by atoms with Crippen molar-refractivity contribution in [2.75, 3.05) is 31.7 Å². The van der Waals surface area contributed by atoms with E-state index in [4.69, 9.17) is 4.74 Å². The van der Waals surface area contributed by atoms with Crippen LogP contribution in [0, 0.1) is 0 Å². The number of methoxy groups -OCH3 is 1. The first kappa shape index (κ1) is 13.2. The Labute approximate surface area is 110 Å². The fourth-order valence-corrected chi connectivity index (χ4v) is 1.90. The fraction of sp³-hybridized carbons (Fsp3) is 0.308. The lowest BCUT2D eigenvalue weighted by atomic mass is 10.1. The standard InChI is InChI=1S/C13H14N2O4/c1-19-7-6-14-11(16)8-15-10-5-3-2-4-9(10)12(17)13(15)18/h2-5H,6-8H2,1H3,(H,14,16). The summed E-state index contributed by atoms with van der Waals surface area (Å²) in [5, 5.41) is 2.61. The van der Waals surface area contributed by atoms with Crippen LogP contribution in [0.4, 0.5) is 5.69 Å². The van der Waals surface area contributed by atoms with Gasteiger partial charge in [0.25, 0.3) is 11.7 Å². The lowest BCUT2D eigenvalue weighted by Crippen LogP contribution is -2.41. The van der Waals surface area contributed by atoms with Gasteiger partial charge >= 0.3 is 0 Å². The Morgan fingerprint density at radius 2 is 2.05 bits per heavy atom. The number of rotatable bonds is 5. The predicted octanol–water partition coefficient (Wildman–Crippen LogP) is -0.0215. The highest BCUT2D eigenvalue weighted by atomic mass is 16.5. The van der Waals surface area contributed by atoms with Gasteiger partial charge in [-0.1, -0.05) is 12.1 Å². The molecule has 2 rings (SSSR count). The molecule has 0 saturated heterocycles. The Morgan fingerprint density at radius 3 is 2.79 bits per heavy atom. The van der Waals surface area contributed by atoms with Crippen molar-refractivity contribution in [2.24, 2.45) is 0 Å². The molecule has 0 unspecified atom stereocenters. The van der Waals surface area contributed by atoms with Crippen LogP contribution in [0.5, 0.6) is 0 Å². The van der Waals surface area contributed by atoms with Gasteiger partial charge in [0.15, 0.2) is 0 Å². The summed E-state index contributed by atoms with van der Waals surface area (Å²) in [5.74, 6) is -1.56. The molecule has 1 aromatic rings. The molecule has 0 aromatic heterocycles. The number of Topliss-reactive ketones (excluding diaryl/α,β-unsaturated/α-hetero) is 1. The molecule has 1 heterocycles. The molecule has 19 heavy (non-hydrogen) atoms. The van der Waals surface area contributed by atoms with Gasteiger partial charge in [-0.2, -0.15) is 0 Å². The van der Waals surface area contributed by atoms with Gasteiger partial charge in [-0.25, -0.2) is 0 Å². The summed E-state index contributed by atoms with van der Waals surface area (Å²) in [6, 6.07) is 6.64. The van der Waals surface area contributed by atoms with Crippen LogP contribution in [0.25, 0.3) is 0 Å². The molecule has 6 nitrogen and oxygen atoms in total. The number of benzene rings is 1. The molecule has 2 amide bonds. The first-order chi connectivity index (χ1) is 9.15. The van der Waals surface area contributed by atoms with E-state index in [1.54, 1.807) is 24.3 Å². The largest absolute Gasteiger partial charge is 0.383 e. The fourth-order valence-electron chi connectivity index (χ4n) is 1.90. The summed E-state index contributed by atoms with van der Waals surface area (Å²) >= 11 is 0. The average molecular weight is 262 g/mol. The molecule has 1 aromatic carbocycles. The van der Waals surface area contributed by atoms with E-state index in [-0.39, 0.29) is 12.5 Å². The molecule has 0 aliphatic carbocycles. The number of amides is 2. The third-order valence-electron chi connectivity index (χ3n) is 2.81. The SMILES string of the molecule is COCCNC(=O)CN1C(=O)C(=O)c2ccccc21. The number of ether oxygens (including phenoxy) is 1. The number of carbonyl (C=O) groups excluding carboxylic acids is 3. The first-order valence-corrected chi connectivity index (χ1v) is 5.86. The van der Waals surface area contributed by atoms with Crippen molar-refractivity contribution in [3.05, 3.63) is 29.8 Å². The molecule has 0 spiro atoms. The maximum absolute atomic E-state index is 11.8. The number of anilines is 1. The maximum atomic E-state index is 11.8. The molecule has 0 bridgehead atoms. The number of carbonyl (C=O) groups is 3. The van der Waals surface area contributed by atoms with Crippen LogP contribution >= 0.6 is 0 Å². The molecule has 6 heteroatoms. The number of hydrogen-bond acceptors (Lipinski definition) is 4. The quantitative estimate of drug-likeness (QED) is 0.597. The van der Waals surface area contributed by atoms with Crippen LogP contribution in [-0.4, -0.2) is 44.4 Å². The maximum Gasteiger partial charge on any atom is 0.299 e. The van der Waals surface area contributed by atoms with Gasteiger partial charge in [0.05, 0.1) is 17.9 Å². The van der Waals surface area contributed by atoms with Crippen LogP contribution in [0.2, 0.25) is 0 Å². The van der Waals surface area contributed by atoms with Crippen molar-refractivity contribution in [3.8, 4) is 0 Å². The minimum Gasteiger partial charge on any atom is -0.383 e. The van der Waals surface area contributed by atoms with E-state index in [0.29, 0.717) is 24.4 Å². The minimum absolute atomic E-state index is 0.161. The molecule has 100 valence electrons.